The fraction of sp³-hybridized carbons (Fsp3) is 0.385. The molecule has 0 aliphatic carbocycles. The molecule has 1 aromatic carbocycles. The molecule has 2 N–H and O–H groups in total. The number of esters is 1. The maximum Gasteiger partial charge on any atom is 0.319 e. The molecule has 0 spiro atoms. The minimum absolute atomic E-state index is 0.0152. The van der Waals surface area contributed by atoms with Crippen LogP contribution in [0.4, 0.5) is 5.69 Å². The summed E-state index contributed by atoms with van der Waals surface area (Å²) in [7, 11) is 1.32. The summed E-state index contributed by atoms with van der Waals surface area (Å²) in [5, 5.41) is 5.73. The number of amides is 1. The molecular formula is C13H16N2O3. The van der Waals surface area contributed by atoms with Crippen LogP contribution in [-0.2, 0) is 14.3 Å². The van der Waals surface area contributed by atoms with Gasteiger partial charge in [0.2, 0.25) is 5.91 Å². The topological polar surface area (TPSA) is 67.4 Å². The van der Waals surface area contributed by atoms with Crippen molar-refractivity contribution < 1.29 is 14.3 Å². The summed E-state index contributed by atoms with van der Waals surface area (Å²) in [6, 6.07) is 3.46. The van der Waals surface area contributed by atoms with Crippen LogP contribution in [0.5, 0.6) is 0 Å². The molecule has 1 atom stereocenters. The number of rotatable bonds is 3. The molecule has 0 saturated carbocycles. The summed E-state index contributed by atoms with van der Waals surface area (Å²) in [5.74, 6) is -0.524. The molecule has 5 nitrogen and oxygen atoms in total. The van der Waals surface area contributed by atoms with Gasteiger partial charge in [-0.25, -0.2) is 0 Å². The molecule has 0 bridgehead atoms. The molecule has 18 heavy (non-hydrogen) atoms. The van der Waals surface area contributed by atoms with Crippen LogP contribution in [0.2, 0.25) is 0 Å². The van der Waals surface area contributed by atoms with Crippen molar-refractivity contribution in [1.82, 2.24) is 5.32 Å². The molecule has 96 valence electrons. The van der Waals surface area contributed by atoms with E-state index in [4.69, 9.17) is 0 Å². The Kier molecular flexibility index (Phi) is 3.34. The van der Waals surface area contributed by atoms with Crippen molar-refractivity contribution in [2.75, 3.05) is 19.0 Å². The van der Waals surface area contributed by atoms with Crippen molar-refractivity contribution in [3.8, 4) is 0 Å². The molecule has 1 aromatic rings. The number of aryl methyl sites for hydroxylation is 2. The van der Waals surface area contributed by atoms with Gasteiger partial charge in [-0.2, -0.15) is 0 Å². The molecule has 1 unspecified atom stereocenters. The van der Waals surface area contributed by atoms with E-state index in [1.807, 2.05) is 26.0 Å². The summed E-state index contributed by atoms with van der Waals surface area (Å²) in [6.45, 7) is 3.95. The molecule has 2 rings (SSSR count). The maximum atomic E-state index is 11.9. The van der Waals surface area contributed by atoms with Crippen molar-refractivity contribution in [3.63, 3.8) is 0 Å². The number of benzene rings is 1. The summed E-state index contributed by atoms with van der Waals surface area (Å²) < 4.78 is 4.55. The highest BCUT2D eigenvalue weighted by Crippen LogP contribution is 2.34. The predicted molar refractivity (Wildman–Crippen MR) is 67.3 cm³/mol. The Morgan fingerprint density at radius 1 is 1.44 bits per heavy atom. The summed E-state index contributed by atoms with van der Waals surface area (Å²) in [4.78, 5) is 23.0. The molecule has 1 amide bonds. The predicted octanol–water partition coefficient (Wildman–Crippen LogP) is 1.06. The van der Waals surface area contributed by atoms with Crippen LogP contribution < -0.4 is 10.6 Å². The fourth-order valence-corrected chi connectivity index (χ4v) is 2.25. The average Bonchev–Trinajstić information content (AvgIpc) is 2.62. The molecule has 5 heteroatoms. The zero-order valence-electron chi connectivity index (χ0n) is 10.7. The van der Waals surface area contributed by atoms with Gasteiger partial charge in [-0.05, 0) is 31.0 Å². The van der Waals surface area contributed by atoms with Crippen molar-refractivity contribution in [2.24, 2.45) is 0 Å². The summed E-state index contributed by atoms with van der Waals surface area (Å²) in [5.41, 5.74) is 3.86. The van der Waals surface area contributed by atoms with E-state index >= 15 is 0 Å². The Labute approximate surface area is 106 Å². The number of carbonyl (C=O) groups excluding carboxylic acids is 2. The van der Waals surface area contributed by atoms with E-state index in [-0.39, 0.29) is 18.4 Å². The minimum atomic E-state index is -0.486. The van der Waals surface area contributed by atoms with Crippen LogP contribution in [0.3, 0.4) is 0 Å². The van der Waals surface area contributed by atoms with Crippen molar-refractivity contribution in [3.05, 3.63) is 28.8 Å². The standard InChI is InChI=1S/C13H16N2O3/c1-7-4-8(2)11-9(5-7)15-13(17)12(11)14-6-10(16)18-3/h4-5,12,14H,6H2,1-3H3,(H,15,17). The van der Waals surface area contributed by atoms with E-state index in [0.29, 0.717) is 0 Å². The molecular weight excluding hydrogens is 232 g/mol. The van der Waals surface area contributed by atoms with Gasteiger partial charge in [0.15, 0.2) is 0 Å². The van der Waals surface area contributed by atoms with Crippen molar-refractivity contribution >= 4 is 17.6 Å². The number of ether oxygens (including phenoxy) is 1. The fourth-order valence-electron chi connectivity index (χ4n) is 2.25. The zero-order chi connectivity index (χ0) is 13.3. The molecule has 1 heterocycles. The molecule has 1 aliphatic rings. The Morgan fingerprint density at radius 2 is 2.17 bits per heavy atom. The minimum Gasteiger partial charge on any atom is -0.468 e. The number of fused-ring (bicyclic) bond motifs is 1. The van der Waals surface area contributed by atoms with Crippen LogP contribution in [-0.4, -0.2) is 25.5 Å². The molecule has 0 aromatic heterocycles. The quantitative estimate of drug-likeness (QED) is 0.785. The number of carbonyl (C=O) groups is 2. The highest BCUT2D eigenvalue weighted by Gasteiger charge is 2.32. The summed E-state index contributed by atoms with van der Waals surface area (Å²) >= 11 is 0. The van der Waals surface area contributed by atoms with Gasteiger partial charge in [-0.15, -0.1) is 0 Å². The Hall–Kier alpha value is -1.88. The van der Waals surface area contributed by atoms with Gasteiger partial charge in [0.25, 0.3) is 0 Å². The van der Waals surface area contributed by atoms with Gasteiger partial charge < -0.3 is 10.1 Å². The van der Waals surface area contributed by atoms with E-state index in [2.05, 4.69) is 15.4 Å². The van der Waals surface area contributed by atoms with Crippen LogP contribution in [0.1, 0.15) is 22.7 Å². The highest BCUT2D eigenvalue weighted by molar-refractivity contribution is 6.03. The number of hydrogen-bond acceptors (Lipinski definition) is 4. The Balaban J connectivity index is 2.25. The maximum absolute atomic E-state index is 11.9. The summed E-state index contributed by atoms with van der Waals surface area (Å²) in [6.07, 6.45) is 0. The third-order valence-corrected chi connectivity index (χ3v) is 3.02. The van der Waals surface area contributed by atoms with E-state index in [0.717, 1.165) is 22.4 Å². The second kappa shape index (κ2) is 4.78. The molecule has 0 saturated heterocycles. The van der Waals surface area contributed by atoms with Crippen molar-refractivity contribution in [1.29, 1.82) is 0 Å². The lowest BCUT2D eigenvalue weighted by Crippen LogP contribution is -2.32. The second-order valence-corrected chi connectivity index (χ2v) is 4.42. The van der Waals surface area contributed by atoms with E-state index in [9.17, 15) is 9.59 Å². The van der Waals surface area contributed by atoms with Gasteiger partial charge in [0, 0.05) is 11.3 Å². The number of hydrogen-bond donors (Lipinski definition) is 2. The lowest BCUT2D eigenvalue weighted by atomic mass is 10.00. The molecule has 0 fully saturated rings. The monoisotopic (exact) mass is 248 g/mol. The van der Waals surface area contributed by atoms with Gasteiger partial charge in [-0.1, -0.05) is 6.07 Å². The van der Waals surface area contributed by atoms with E-state index < -0.39 is 6.04 Å². The average molecular weight is 248 g/mol. The zero-order valence-corrected chi connectivity index (χ0v) is 10.7. The number of nitrogens with one attached hydrogen (secondary N) is 2. The third-order valence-electron chi connectivity index (χ3n) is 3.02. The first-order chi connectivity index (χ1) is 8.52. The first-order valence-electron chi connectivity index (χ1n) is 5.75. The lowest BCUT2D eigenvalue weighted by molar-refractivity contribution is -0.139. The van der Waals surface area contributed by atoms with Gasteiger partial charge >= 0.3 is 5.97 Å². The Bertz CT molecular complexity index is 511. The molecule has 1 aliphatic heterocycles. The number of anilines is 1. The highest BCUT2D eigenvalue weighted by atomic mass is 16.5. The van der Waals surface area contributed by atoms with Gasteiger partial charge in [-0.3, -0.25) is 14.9 Å². The van der Waals surface area contributed by atoms with Gasteiger partial charge in [0.05, 0.1) is 13.7 Å². The van der Waals surface area contributed by atoms with Crippen LogP contribution in [0, 0.1) is 13.8 Å². The Morgan fingerprint density at radius 3 is 2.83 bits per heavy atom. The lowest BCUT2D eigenvalue weighted by Gasteiger charge is -2.13. The van der Waals surface area contributed by atoms with Crippen LogP contribution in [0.15, 0.2) is 12.1 Å². The van der Waals surface area contributed by atoms with Crippen molar-refractivity contribution in [2.45, 2.75) is 19.9 Å². The first kappa shape index (κ1) is 12.6. The number of methoxy groups -OCH3 is 1. The van der Waals surface area contributed by atoms with Gasteiger partial charge in [0.1, 0.15) is 6.04 Å². The van der Waals surface area contributed by atoms with E-state index in [1.165, 1.54) is 7.11 Å². The molecule has 0 radical (unpaired) electrons. The largest absolute Gasteiger partial charge is 0.468 e. The second-order valence-electron chi connectivity index (χ2n) is 4.42. The van der Waals surface area contributed by atoms with Crippen LogP contribution in [0.25, 0.3) is 0 Å². The smallest absolute Gasteiger partial charge is 0.319 e. The first-order valence-corrected chi connectivity index (χ1v) is 5.75. The third kappa shape index (κ3) is 2.22. The normalized spacial score (nSPS) is 17.3. The van der Waals surface area contributed by atoms with Crippen LogP contribution >= 0.6 is 0 Å². The van der Waals surface area contributed by atoms with E-state index in [1.54, 1.807) is 0 Å². The SMILES string of the molecule is COC(=O)CNC1C(=O)Nc2cc(C)cc(C)c21.